The number of rotatable bonds is 6. The Morgan fingerprint density at radius 2 is 1.65 bits per heavy atom. The largest absolute Gasteiger partial charge is 0.309 e. The molecule has 0 N–H and O–H groups in total. The van der Waals surface area contributed by atoms with Crippen molar-refractivity contribution in [3.05, 3.63) is 26.6 Å². The Kier molecular flexibility index (Phi) is 6.66. The third-order valence-corrected chi connectivity index (χ3v) is 6.65. The van der Waals surface area contributed by atoms with Crippen molar-refractivity contribution < 1.29 is 8.42 Å². The van der Waals surface area contributed by atoms with Crippen LogP contribution in [0.5, 0.6) is 0 Å². The molecular formula is C13H20Br2N2O2S. The number of hydrogen-bond acceptors (Lipinski definition) is 3. The summed E-state index contributed by atoms with van der Waals surface area (Å²) >= 11 is 6.72. The quantitative estimate of drug-likeness (QED) is 0.700. The van der Waals surface area contributed by atoms with Crippen molar-refractivity contribution >= 4 is 41.9 Å². The molecule has 20 heavy (non-hydrogen) atoms. The smallest absolute Gasteiger partial charge is 0.243 e. The fraction of sp³-hybridized carbons (Fsp3) is 0.538. The van der Waals surface area contributed by atoms with E-state index in [9.17, 15) is 8.42 Å². The molecule has 0 aliphatic heterocycles. The van der Waals surface area contributed by atoms with E-state index < -0.39 is 10.0 Å². The standard InChI is InChI=1S/C13H20Br2N2O2S/c1-10-8-12(15)13(9-11(10)14)20(18,19)17(4)7-5-6-16(2)3/h8-9H,5-7H2,1-4H3. The summed E-state index contributed by atoms with van der Waals surface area (Å²) in [4.78, 5) is 2.33. The molecule has 0 heterocycles. The molecule has 114 valence electrons. The van der Waals surface area contributed by atoms with Gasteiger partial charge in [0.1, 0.15) is 0 Å². The van der Waals surface area contributed by atoms with Crippen LogP contribution in [-0.4, -0.2) is 51.9 Å². The van der Waals surface area contributed by atoms with Gasteiger partial charge in [-0.3, -0.25) is 0 Å². The van der Waals surface area contributed by atoms with Gasteiger partial charge in [0.2, 0.25) is 10.0 Å². The van der Waals surface area contributed by atoms with Gasteiger partial charge in [-0.2, -0.15) is 0 Å². The molecule has 0 aliphatic rings. The van der Waals surface area contributed by atoms with Crippen molar-refractivity contribution in [3.63, 3.8) is 0 Å². The van der Waals surface area contributed by atoms with Crippen molar-refractivity contribution in [3.8, 4) is 0 Å². The molecule has 0 radical (unpaired) electrons. The fourth-order valence-corrected chi connectivity index (χ4v) is 4.57. The van der Waals surface area contributed by atoms with Crippen molar-refractivity contribution in [2.24, 2.45) is 0 Å². The molecular weight excluding hydrogens is 408 g/mol. The lowest BCUT2D eigenvalue weighted by atomic mass is 10.2. The van der Waals surface area contributed by atoms with E-state index in [-0.39, 0.29) is 0 Å². The number of benzene rings is 1. The Bertz CT molecular complexity index is 574. The lowest BCUT2D eigenvalue weighted by molar-refractivity contribution is 0.370. The van der Waals surface area contributed by atoms with E-state index in [1.807, 2.05) is 32.0 Å². The Labute approximate surface area is 138 Å². The summed E-state index contributed by atoms with van der Waals surface area (Å²) in [6.07, 6.45) is 0.799. The molecule has 0 atom stereocenters. The molecule has 7 heteroatoms. The van der Waals surface area contributed by atoms with E-state index in [0.29, 0.717) is 15.9 Å². The minimum atomic E-state index is -3.47. The second-order valence-corrected chi connectivity index (χ2v) is 8.74. The number of halogens is 2. The van der Waals surface area contributed by atoms with E-state index >= 15 is 0 Å². The zero-order valence-electron chi connectivity index (χ0n) is 12.2. The highest BCUT2D eigenvalue weighted by Gasteiger charge is 2.23. The Balaban J connectivity index is 2.96. The lowest BCUT2D eigenvalue weighted by Crippen LogP contribution is -2.30. The Hall–Kier alpha value is 0.0500. The second-order valence-electron chi connectivity index (χ2n) is 5.02. The van der Waals surface area contributed by atoms with Crippen LogP contribution < -0.4 is 0 Å². The van der Waals surface area contributed by atoms with E-state index in [1.165, 1.54) is 4.31 Å². The van der Waals surface area contributed by atoms with Gasteiger partial charge >= 0.3 is 0 Å². The number of sulfonamides is 1. The highest BCUT2D eigenvalue weighted by atomic mass is 79.9. The van der Waals surface area contributed by atoms with Gasteiger partial charge in [-0.1, -0.05) is 15.9 Å². The van der Waals surface area contributed by atoms with Crippen LogP contribution in [0.3, 0.4) is 0 Å². The molecule has 0 spiro atoms. The average molecular weight is 428 g/mol. The number of nitrogens with zero attached hydrogens (tertiary/aromatic N) is 2. The predicted octanol–water partition coefficient (Wildman–Crippen LogP) is 3.09. The van der Waals surface area contributed by atoms with E-state index in [4.69, 9.17) is 0 Å². The topological polar surface area (TPSA) is 40.6 Å². The molecule has 0 unspecified atom stereocenters. The van der Waals surface area contributed by atoms with Crippen LogP contribution in [0.1, 0.15) is 12.0 Å². The molecule has 0 fully saturated rings. The average Bonchev–Trinajstić information content (AvgIpc) is 2.32. The summed E-state index contributed by atoms with van der Waals surface area (Å²) in [5.74, 6) is 0. The molecule has 0 saturated carbocycles. The molecule has 0 aromatic heterocycles. The normalized spacial score (nSPS) is 12.4. The lowest BCUT2D eigenvalue weighted by Gasteiger charge is -2.19. The predicted molar refractivity (Wildman–Crippen MR) is 89.6 cm³/mol. The first-order valence-corrected chi connectivity index (χ1v) is 9.25. The Morgan fingerprint density at radius 1 is 1.05 bits per heavy atom. The first-order chi connectivity index (χ1) is 9.16. The fourth-order valence-electron chi connectivity index (χ4n) is 1.72. The third-order valence-electron chi connectivity index (χ3n) is 2.98. The van der Waals surface area contributed by atoms with Gasteiger partial charge in [0.25, 0.3) is 0 Å². The summed E-state index contributed by atoms with van der Waals surface area (Å²) in [6.45, 7) is 3.28. The van der Waals surface area contributed by atoms with Gasteiger partial charge in [-0.05, 0) is 67.6 Å². The first-order valence-electron chi connectivity index (χ1n) is 6.23. The van der Waals surface area contributed by atoms with Crippen molar-refractivity contribution in [1.82, 2.24) is 9.21 Å². The summed E-state index contributed by atoms with van der Waals surface area (Å²) in [7, 11) is 2.10. The molecule has 0 bridgehead atoms. The Morgan fingerprint density at radius 3 is 2.20 bits per heavy atom. The van der Waals surface area contributed by atoms with E-state index in [0.717, 1.165) is 23.0 Å². The molecule has 1 aromatic carbocycles. The van der Waals surface area contributed by atoms with Crippen LogP contribution >= 0.6 is 31.9 Å². The zero-order chi connectivity index (χ0) is 15.5. The summed E-state index contributed by atoms with van der Waals surface area (Å²) < 4.78 is 27.9. The van der Waals surface area contributed by atoms with Gasteiger partial charge in [-0.25, -0.2) is 12.7 Å². The van der Waals surface area contributed by atoms with Gasteiger partial charge in [-0.15, -0.1) is 0 Å². The van der Waals surface area contributed by atoms with Crippen LogP contribution in [0.25, 0.3) is 0 Å². The zero-order valence-corrected chi connectivity index (χ0v) is 16.1. The number of hydrogen-bond donors (Lipinski definition) is 0. The minimum absolute atomic E-state index is 0.294. The van der Waals surface area contributed by atoms with E-state index in [1.54, 1.807) is 13.1 Å². The van der Waals surface area contributed by atoms with Crippen molar-refractivity contribution in [2.75, 3.05) is 34.2 Å². The van der Waals surface area contributed by atoms with Crippen LogP contribution in [0, 0.1) is 6.92 Å². The molecule has 0 saturated heterocycles. The minimum Gasteiger partial charge on any atom is -0.309 e. The van der Waals surface area contributed by atoms with Crippen LogP contribution in [0.15, 0.2) is 26.0 Å². The molecule has 0 aliphatic carbocycles. The summed E-state index contributed by atoms with van der Waals surface area (Å²) in [6, 6.07) is 3.46. The van der Waals surface area contributed by atoms with Crippen LogP contribution in [0.2, 0.25) is 0 Å². The monoisotopic (exact) mass is 426 g/mol. The molecule has 1 aromatic rings. The van der Waals surface area contributed by atoms with Gasteiger partial charge < -0.3 is 4.90 Å². The molecule has 1 rings (SSSR count). The van der Waals surface area contributed by atoms with Crippen LogP contribution in [0.4, 0.5) is 0 Å². The van der Waals surface area contributed by atoms with Crippen molar-refractivity contribution in [2.45, 2.75) is 18.2 Å². The maximum absolute atomic E-state index is 12.6. The maximum Gasteiger partial charge on any atom is 0.243 e. The van der Waals surface area contributed by atoms with Gasteiger partial charge in [0.15, 0.2) is 0 Å². The summed E-state index contributed by atoms with van der Waals surface area (Å²) in [5.41, 5.74) is 0.992. The van der Waals surface area contributed by atoms with Gasteiger partial charge in [0, 0.05) is 22.5 Å². The highest BCUT2D eigenvalue weighted by molar-refractivity contribution is 9.11. The molecule has 4 nitrogen and oxygen atoms in total. The highest BCUT2D eigenvalue weighted by Crippen LogP contribution is 2.30. The van der Waals surface area contributed by atoms with Crippen molar-refractivity contribution in [1.29, 1.82) is 0 Å². The third kappa shape index (κ3) is 4.53. The first kappa shape index (κ1) is 18.1. The molecule has 0 amide bonds. The second kappa shape index (κ2) is 7.35. The maximum atomic E-state index is 12.6. The SMILES string of the molecule is Cc1cc(Br)c(S(=O)(=O)N(C)CCCN(C)C)cc1Br. The summed E-state index contributed by atoms with van der Waals surface area (Å²) in [5, 5.41) is 0. The van der Waals surface area contributed by atoms with Crippen LogP contribution in [-0.2, 0) is 10.0 Å². The number of aryl methyl sites for hydroxylation is 1. The van der Waals surface area contributed by atoms with Gasteiger partial charge in [0.05, 0.1) is 4.90 Å². The van der Waals surface area contributed by atoms with E-state index in [2.05, 4.69) is 31.9 Å².